The predicted molar refractivity (Wildman–Crippen MR) is 70.2 cm³/mol. The fourth-order valence-electron chi connectivity index (χ4n) is 1.14. The van der Waals surface area contributed by atoms with Gasteiger partial charge in [-0.05, 0) is 30.7 Å². The van der Waals surface area contributed by atoms with Crippen molar-refractivity contribution in [1.82, 2.24) is 5.32 Å². The van der Waals surface area contributed by atoms with Crippen molar-refractivity contribution in [3.63, 3.8) is 0 Å². The molecule has 1 atom stereocenters. The average Bonchev–Trinajstić information content (AvgIpc) is 2.27. The van der Waals surface area contributed by atoms with E-state index in [0.717, 1.165) is 0 Å². The van der Waals surface area contributed by atoms with Crippen LogP contribution in [0.1, 0.15) is 12.5 Å². The first-order valence-electron chi connectivity index (χ1n) is 5.07. The Morgan fingerprint density at radius 3 is 2.82 bits per heavy atom. The number of halogens is 2. The number of aliphatic hydroxyl groups is 1. The molecule has 1 rings (SSSR count). The van der Waals surface area contributed by atoms with Gasteiger partial charge in [-0.2, -0.15) is 0 Å². The molecule has 1 amide bonds. The monoisotopic (exact) mass is 273 g/mol. The third-order valence-corrected chi connectivity index (χ3v) is 2.60. The molecule has 3 nitrogen and oxygen atoms in total. The van der Waals surface area contributed by atoms with Crippen LogP contribution in [0.5, 0.6) is 0 Å². The van der Waals surface area contributed by atoms with Crippen molar-refractivity contribution in [2.45, 2.75) is 13.0 Å². The molecule has 92 valence electrons. The topological polar surface area (TPSA) is 49.3 Å². The van der Waals surface area contributed by atoms with Crippen LogP contribution in [-0.4, -0.2) is 23.7 Å². The van der Waals surface area contributed by atoms with Crippen LogP contribution in [-0.2, 0) is 4.79 Å². The highest BCUT2D eigenvalue weighted by molar-refractivity contribution is 6.35. The van der Waals surface area contributed by atoms with E-state index in [4.69, 9.17) is 28.3 Å². The molecule has 0 aliphatic heterocycles. The quantitative estimate of drug-likeness (QED) is 0.829. The lowest BCUT2D eigenvalue weighted by Crippen LogP contribution is -2.33. The van der Waals surface area contributed by atoms with Gasteiger partial charge in [-0.3, -0.25) is 4.79 Å². The Labute approximate surface area is 110 Å². The fourth-order valence-corrected chi connectivity index (χ4v) is 1.61. The van der Waals surface area contributed by atoms with E-state index >= 15 is 0 Å². The van der Waals surface area contributed by atoms with Gasteiger partial charge in [-0.15, -0.1) is 0 Å². The first-order valence-corrected chi connectivity index (χ1v) is 5.83. The highest BCUT2D eigenvalue weighted by Crippen LogP contribution is 2.21. The minimum absolute atomic E-state index is 0.0960. The van der Waals surface area contributed by atoms with Crippen LogP contribution < -0.4 is 5.32 Å². The van der Waals surface area contributed by atoms with Crippen LogP contribution in [0.4, 0.5) is 0 Å². The van der Waals surface area contributed by atoms with E-state index < -0.39 is 0 Å². The Bertz CT molecular complexity index is 433. The molecule has 17 heavy (non-hydrogen) atoms. The minimum atomic E-state index is -0.280. The van der Waals surface area contributed by atoms with Gasteiger partial charge >= 0.3 is 0 Å². The number of aliphatic hydroxyl groups excluding tert-OH is 1. The Kier molecular flexibility index (Phi) is 5.48. The summed E-state index contributed by atoms with van der Waals surface area (Å²) < 4.78 is 0. The zero-order chi connectivity index (χ0) is 12.8. The van der Waals surface area contributed by atoms with Crippen molar-refractivity contribution in [2.75, 3.05) is 6.61 Å². The van der Waals surface area contributed by atoms with Gasteiger partial charge < -0.3 is 10.4 Å². The molecular formula is C12H13Cl2NO2. The molecule has 0 saturated heterocycles. The third-order valence-electron chi connectivity index (χ3n) is 2.04. The second kappa shape index (κ2) is 6.64. The number of carbonyl (C=O) groups excluding carboxylic acids is 1. The summed E-state index contributed by atoms with van der Waals surface area (Å²) in [6.07, 6.45) is 2.96. The van der Waals surface area contributed by atoms with Crippen molar-refractivity contribution < 1.29 is 9.90 Å². The first-order chi connectivity index (χ1) is 8.02. The summed E-state index contributed by atoms with van der Waals surface area (Å²) in [7, 11) is 0. The normalized spacial score (nSPS) is 12.7. The molecule has 0 aliphatic rings. The zero-order valence-electron chi connectivity index (χ0n) is 9.28. The van der Waals surface area contributed by atoms with Crippen LogP contribution in [0.15, 0.2) is 24.3 Å². The molecule has 1 aromatic rings. The number of benzene rings is 1. The van der Waals surface area contributed by atoms with Crippen molar-refractivity contribution >= 4 is 35.2 Å². The number of rotatable bonds is 4. The maximum Gasteiger partial charge on any atom is 0.244 e. The SMILES string of the molecule is CC(CO)NC(=O)/C=C/c1ccc(Cl)cc1Cl. The van der Waals surface area contributed by atoms with Crippen molar-refractivity contribution in [1.29, 1.82) is 0 Å². The molecule has 0 spiro atoms. The summed E-state index contributed by atoms with van der Waals surface area (Å²) in [6.45, 7) is 1.61. The molecule has 5 heteroatoms. The number of amides is 1. The Hall–Kier alpha value is -1.03. The number of carbonyl (C=O) groups is 1. The number of nitrogens with one attached hydrogen (secondary N) is 1. The van der Waals surface area contributed by atoms with Gasteiger partial charge in [0.2, 0.25) is 5.91 Å². The Balaban J connectivity index is 2.67. The molecule has 0 heterocycles. The Morgan fingerprint density at radius 2 is 2.24 bits per heavy atom. The summed E-state index contributed by atoms with van der Waals surface area (Å²) in [6, 6.07) is 4.76. The van der Waals surface area contributed by atoms with E-state index in [-0.39, 0.29) is 18.6 Å². The Morgan fingerprint density at radius 1 is 1.53 bits per heavy atom. The van der Waals surface area contributed by atoms with Crippen LogP contribution in [0.25, 0.3) is 6.08 Å². The fraction of sp³-hybridized carbons (Fsp3) is 0.250. The molecule has 1 aromatic carbocycles. The zero-order valence-corrected chi connectivity index (χ0v) is 10.8. The van der Waals surface area contributed by atoms with Gasteiger partial charge in [-0.25, -0.2) is 0 Å². The average molecular weight is 274 g/mol. The summed E-state index contributed by atoms with van der Waals surface area (Å²) in [5.41, 5.74) is 0.711. The molecule has 0 fully saturated rings. The number of hydrogen-bond donors (Lipinski definition) is 2. The third kappa shape index (κ3) is 4.77. The lowest BCUT2D eigenvalue weighted by atomic mass is 10.2. The van der Waals surface area contributed by atoms with Gasteiger partial charge in [0.25, 0.3) is 0 Å². The minimum Gasteiger partial charge on any atom is -0.394 e. The van der Waals surface area contributed by atoms with E-state index in [1.54, 1.807) is 31.2 Å². The van der Waals surface area contributed by atoms with Crippen molar-refractivity contribution in [2.24, 2.45) is 0 Å². The first kappa shape index (κ1) is 14.0. The van der Waals surface area contributed by atoms with E-state index in [1.165, 1.54) is 6.08 Å². The van der Waals surface area contributed by atoms with Crippen LogP contribution >= 0.6 is 23.2 Å². The lowest BCUT2D eigenvalue weighted by Gasteiger charge is -2.07. The molecule has 0 radical (unpaired) electrons. The number of hydrogen-bond acceptors (Lipinski definition) is 2. The van der Waals surface area contributed by atoms with Gasteiger partial charge in [-0.1, -0.05) is 29.3 Å². The van der Waals surface area contributed by atoms with Gasteiger partial charge in [0.05, 0.1) is 6.61 Å². The largest absolute Gasteiger partial charge is 0.394 e. The summed E-state index contributed by atoms with van der Waals surface area (Å²) in [5.74, 6) is -0.280. The lowest BCUT2D eigenvalue weighted by molar-refractivity contribution is -0.117. The maximum absolute atomic E-state index is 11.4. The standard InChI is InChI=1S/C12H13Cl2NO2/c1-8(7-16)15-12(17)5-3-9-2-4-10(13)6-11(9)14/h2-6,8,16H,7H2,1H3,(H,15,17)/b5-3+. The van der Waals surface area contributed by atoms with E-state index in [2.05, 4.69) is 5.32 Å². The predicted octanol–water partition coefficient (Wildman–Crippen LogP) is 2.50. The van der Waals surface area contributed by atoms with Crippen molar-refractivity contribution in [3.8, 4) is 0 Å². The highest BCUT2D eigenvalue weighted by Gasteiger charge is 2.03. The molecule has 2 N–H and O–H groups in total. The van der Waals surface area contributed by atoms with E-state index in [9.17, 15) is 4.79 Å². The van der Waals surface area contributed by atoms with E-state index in [1.807, 2.05) is 0 Å². The maximum atomic E-state index is 11.4. The summed E-state index contributed by atoms with van der Waals surface area (Å²) in [4.78, 5) is 11.4. The van der Waals surface area contributed by atoms with E-state index in [0.29, 0.717) is 15.6 Å². The van der Waals surface area contributed by atoms with Gasteiger partial charge in [0, 0.05) is 22.2 Å². The van der Waals surface area contributed by atoms with Crippen LogP contribution in [0, 0.1) is 0 Å². The second-order valence-corrected chi connectivity index (χ2v) is 4.44. The summed E-state index contributed by atoms with van der Waals surface area (Å²) in [5, 5.41) is 12.4. The summed E-state index contributed by atoms with van der Waals surface area (Å²) >= 11 is 11.7. The smallest absolute Gasteiger partial charge is 0.244 e. The van der Waals surface area contributed by atoms with Gasteiger partial charge in [0.15, 0.2) is 0 Å². The molecular weight excluding hydrogens is 261 g/mol. The van der Waals surface area contributed by atoms with Gasteiger partial charge in [0.1, 0.15) is 0 Å². The van der Waals surface area contributed by atoms with Crippen LogP contribution in [0.3, 0.4) is 0 Å². The molecule has 0 saturated carbocycles. The van der Waals surface area contributed by atoms with Crippen LogP contribution in [0.2, 0.25) is 10.0 Å². The molecule has 0 bridgehead atoms. The molecule has 1 unspecified atom stereocenters. The highest BCUT2D eigenvalue weighted by atomic mass is 35.5. The molecule has 0 aromatic heterocycles. The second-order valence-electron chi connectivity index (χ2n) is 3.59. The van der Waals surface area contributed by atoms with Crippen molar-refractivity contribution in [3.05, 3.63) is 39.9 Å². The molecule has 0 aliphatic carbocycles.